The van der Waals surface area contributed by atoms with E-state index in [9.17, 15) is 14.2 Å². The Hall–Kier alpha value is -0.590. The van der Waals surface area contributed by atoms with E-state index < -0.39 is 16.9 Å². The maximum absolute atomic E-state index is 10.3. The average Bonchev–Trinajstić information content (AvgIpc) is 2.29. The molecule has 1 aliphatic heterocycles. The van der Waals surface area contributed by atoms with E-state index in [4.69, 9.17) is 0 Å². The molecule has 0 spiro atoms. The minimum Gasteiger partial charge on any atom is -0.392 e. The molecule has 0 saturated carbocycles. The minimum atomic E-state index is -2.94. The monoisotopic (exact) mass is 257 g/mol. The third-order valence-electron chi connectivity index (χ3n) is 3.06. The zero-order valence-corrected chi connectivity index (χ0v) is 10.7. The number of nitrogens with zero attached hydrogens (tertiary/aromatic N) is 1. The zero-order valence-electron chi connectivity index (χ0n) is 9.91. The summed E-state index contributed by atoms with van der Waals surface area (Å²) in [6, 6.07) is 7.21. The van der Waals surface area contributed by atoms with Gasteiger partial charge in [0.15, 0.2) is 0 Å². The Bertz CT molecular complexity index is 380. The lowest BCUT2D eigenvalue weighted by Crippen LogP contribution is -2.39. The van der Waals surface area contributed by atoms with Crippen molar-refractivity contribution in [3.05, 3.63) is 29.8 Å². The molecule has 4 nitrogen and oxygen atoms in total. The van der Waals surface area contributed by atoms with Crippen molar-refractivity contribution in [1.29, 1.82) is 0 Å². The van der Waals surface area contributed by atoms with Crippen molar-refractivity contribution in [2.24, 2.45) is 0 Å². The van der Waals surface area contributed by atoms with E-state index in [1.54, 1.807) is 16.4 Å². The smallest absolute Gasteiger partial charge is 0.0752 e. The van der Waals surface area contributed by atoms with Crippen LogP contribution in [0.25, 0.3) is 0 Å². The van der Waals surface area contributed by atoms with Crippen molar-refractivity contribution in [3.63, 3.8) is 0 Å². The van der Waals surface area contributed by atoms with Gasteiger partial charge in [-0.3, -0.25) is 9.11 Å². The molecule has 1 aliphatic rings. The number of aliphatic hydroxyl groups is 1. The van der Waals surface area contributed by atoms with E-state index >= 15 is 0 Å². The molecule has 1 heterocycles. The molecule has 0 aliphatic carbocycles. The summed E-state index contributed by atoms with van der Waals surface area (Å²) in [7, 11) is -2.94. The molecule has 1 saturated heterocycles. The lowest BCUT2D eigenvalue weighted by Gasteiger charge is -2.45. The Morgan fingerprint density at radius 1 is 1.24 bits per heavy atom. The molecule has 0 aromatic heterocycles. The maximum Gasteiger partial charge on any atom is 0.0752 e. The van der Waals surface area contributed by atoms with E-state index in [1.807, 2.05) is 19.1 Å². The fourth-order valence-electron chi connectivity index (χ4n) is 2.02. The van der Waals surface area contributed by atoms with Crippen LogP contribution in [-0.4, -0.2) is 37.7 Å². The first-order chi connectivity index (χ1) is 8.00. The van der Waals surface area contributed by atoms with Crippen molar-refractivity contribution < 1.29 is 14.2 Å². The van der Waals surface area contributed by atoms with Crippen LogP contribution in [0.15, 0.2) is 29.2 Å². The van der Waals surface area contributed by atoms with Gasteiger partial charge in [-0.1, -0.05) is 17.7 Å². The van der Waals surface area contributed by atoms with Crippen molar-refractivity contribution in [1.82, 2.24) is 4.31 Å². The topological polar surface area (TPSA) is 63.9 Å². The van der Waals surface area contributed by atoms with E-state index in [-0.39, 0.29) is 0 Å². The van der Waals surface area contributed by atoms with Crippen LogP contribution in [0.1, 0.15) is 18.4 Å². The van der Waals surface area contributed by atoms with E-state index in [0.717, 1.165) is 18.4 Å². The molecule has 3 N–H and O–H groups in total. The number of hydrogen-bond donors (Lipinski definition) is 3. The lowest BCUT2D eigenvalue weighted by molar-refractivity contribution is 0.103. The first-order valence-corrected chi connectivity index (χ1v) is 7.28. The molecular formula is C12H19NO3S. The number of piperidine rings is 1. The Balaban J connectivity index is 2.19. The molecule has 0 radical (unpaired) electrons. The van der Waals surface area contributed by atoms with Gasteiger partial charge >= 0.3 is 0 Å². The second-order valence-electron chi connectivity index (χ2n) is 4.52. The van der Waals surface area contributed by atoms with Crippen LogP contribution in [0.2, 0.25) is 0 Å². The Morgan fingerprint density at radius 2 is 1.88 bits per heavy atom. The van der Waals surface area contributed by atoms with Gasteiger partial charge in [0, 0.05) is 13.1 Å². The predicted octanol–water partition coefficient (Wildman–Crippen LogP) is 2.48. The van der Waals surface area contributed by atoms with Crippen LogP contribution in [0, 0.1) is 6.92 Å². The maximum atomic E-state index is 10.3. The molecule has 1 aromatic carbocycles. The van der Waals surface area contributed by atoms with Gasteiger partial charge in [-0.25, -0.2) is 0 Å². The highest BCUT2D eigenvalue weighted by Crippen LogP contribution is 2.52. The molecule has 96 valence electrons. The Morgan fingerprint density at radius 3 is 2.47 bits per heavy atom. The summed E-state index contributed by atoms with van der Waals surface area (Å²) in [5, 5.41) is 9.58. The van der Waals surface area contributed by atoms with Gasteiger partial charge < -0.3 is 5.11 Å². The summed E-state index contributed by atoms with van der Waals surface area (Å²) in [5.74, 6) is 0. The van der Waals surface area contributed by atoms with Crippen LogP contribution in [0.4, 0.5) is 0 Å². The fourth-order valence-corrected chi connectivity index (χ4v) is 3.59. The van der Waals surface area contributed by atoms with Crippen molar-refractivity contribution >= 4 is 10.8 Å². The second kappa shape index (κ2) is 4.96. The first kappa shape index (κ1) is 12.9. The summed E-state index contributed by atoms with van der Waals surface area (Å²) < 4.78 is 22.1. The number of rotatable bonds is 2. The van der Waals surface area contributed by atoms with Gasteiger partial charge in [0.25, 0.3) is 0 Å². The number of benzene rings is 1. The normalized spacial score (nSPS) is 23.6. The standard InChI is InChI=1S/C12H19NO3S/c1-10-4-6-12(7-5-10)17(15,16)13-8-2-3-11(14)9-13/h4-7,11,14-16H,2-3,8-9H2,1H3. The van der Waals surface area contributed by atoms with Gasteiger partial charge in [0.2, 0.25) is 0 Å². The number of aryl methyl sites for hydroxylation is 1. The van der Waals surface area contributed by atoms with Crippen LogP contribution < -0.4 is 0 Å². The Labute approximate surface area is 103 Å². The van der Waals surface area contributed by atoms with E-state index in [0.29, 0.717) is 18.0 Å². The highest BCUT2D eigenvalue weighted by atomic mass is 32.3. The fraction of sp³-hybridized carbons (Fsp3) is 0.500. The highest BCUT2D eigenvalue weighted by molar-refractivity contribution is 8.22. The third-order valence-corrected chi connectivity index (χ3v) is 5.01. The van der Waals surface area contributed by atoms with Gasteiger partial charge in [0.05, 0.1) is 11.0 Å². The van der Waals surface area contributed by atoms with Gasteiger partial charge in [-0.2, -0.15) is 4.31 Å². The summed E-state index contributed by atoms with van der Waals surface area (Å²) in [6.07, 6.45) is 1.07. The third kappa shape index (κ3) is 2.81. The molecule has 5 heteroatoms. The molecule has 1 atom stereocenters. The largest absolute Gasteiger partial charge is 0.392 e. The molecule has 1 unspecified atom stereocenters. The van der Waals surface area contributed by atoms with Crippen molar-refractivity contribution in [3.8, 4) is 0 Å². The molecule has 1 aromatic rings. The highest BCUT2D eigenvalue weighted by Gasteiger charge is 2.29. The molecule has 0 amide bonds. The quantitative estimate of drug-likeness (QED) is 0.761. The summed E-state index contributed by atoms with van der Waals surface area (Å²) >= 11 is 0. The lowest BCUT2D eigenvalue weighted by atomic mass is 10.1. The SMILES string of the molecule is Cc1ccc(S(O)(O)N2CCCC(O)C2)cc1. The number of aliphatic hydroxyl groups excluding tert-OH is 1. The molecule has 2 rings (SSSR count). The molecule has 17 heavy (non-hydrogen) atoms. The minimum absolute atomic E-state index is 0.330. The van der Waals surface area contributed by atoms with Crippen LogP contribution in [-0.2, 0) is 0 Å². The van der Waals surface area contributed by atoms with E-state index in [2.05, 4.69) is 0 Å². The molecule has 0 bridgehead atoms. The van der Waals surface area contributed by atoms with Crippen LogP contribution in [0.3, 0.4) is 0 Å². The van der Waals surface area contributed by atoms with Gasteiger partial charge in [0.1, 0.15) is 0 Å². The molecule has 1 fully saturated rings. The van der Waals surface area contributed by atoms with E-state index in [1.165, 1.54) is 0 Å². The second-order valence-corrected chi connectivity index (χ2v) is 6.54. The summed E-state index contributed by atoms with van der Waals surface area (Å²) in [5.41, 5.74) is 1.09. The summed E-state index contributed by atoms with van der Waals surface area (Å²) in [6.45, 7) is 2.91. The first-order valence-electron chi connectivity index (χ1n) is 5.78. The number of hydrogen-bond acceptors (Lipinski definition) is 4. The van der Waals surface area contributed by atoms with Crippen molar-refractivity contribution in [2.45, 2.75) is 30.8 Å². The van der Waals surface area contributed by atoms with Crippen LogP contribution in [0.5, 0.6) is 0 Å². The van der Waals surface area contributed by atoms with Gasteiger partial charge in [-0.15, -0.1) is 10.8 Å². The van der Waals surface area contributed by atoms with Crippen molar-refractivity contribution in [2.75, 3.05) is 13.1 Å². The summed E-state index contributed by atoms with van der Waals surface area (Å²) in [4.78, 5) is 0.525. The number of β-amino-alcohol motifs (C(OH)–C–C–N with tert-alkyl or cyclic N) is 1. The predicted molar refractivity (Wildman–Crippen MR) is 69.1 cm³/mol. The zero-order chi connectivity index (χ0) is 12.5. The van der Waals surface area contributed by atoms with Crippen LogP contribution >= 0.6 is 10.8 Å². The molecular weight excluding hydrogens is 238 g/mol. The Kier molecular flexibility index (Phi) is 3.75. The van der Waals surface area contributed by atoms with Gasteiger partial charge in [-0.05, 0) is 31.9 Å². The average molecular weight is 257 g/mol.